The summed E-state index contributed by atoms with van der Waals surface area (Å²) in [5, 5.41) is 8.92. The summed E-state index contributed by atoms with van der Waals surface area (Å²) in [7, 11) is -3.62. The SMILES string of the molecule is O=S(=O)(CCCO)N[C@H](c1ccc(F)cc1)c1cccc(OCC2CC2)c1. The zero-order chi connectivity index (χ0) is 19.3. The fourth-order valence-electron chi connectivity index (χ4n) is 2.76. The van der Waals surface area contributed by atoms with Crippen molar-refractivity contribution in [2.75, 3.05) is 19.0 Å². The van der Waals surface area contributed by atoms with Crippen LogP contribution in [-0.2, 0) is 10.0 Å². The van der Waals surface area contributed by atoms with Crippen molar-refractivity contribution in [3.63, 3.8) is 0 Å². The molecule has 0 aliphatic heterocycles. The van der Waals surface area contributed by atoms with Gasteiger partial charge in [-0.15, -0.1) is 0 Å². The molecule has 2 aromatic carbocycles. The fraction of sp³-hybridized carbons (Fsp3) is 0.400. The van der Waals surface area contributed by atoms with Crippen LogP contribution in [-0.4, -0.2) is 32.5 Å². The molecule has 0 heterocycles. The average molecular weight is 393 g/mol. The van der Waals surface area contributed by atoms with Crippen LogP contribution in [0.2, 0.25) is 0 Å². The molecule has 0 radical (unpaired) electrons. The molecule has 0 amide bonds. The first kappa shape index (κ1) is 19.8. The quantitative estimate of drug-likeness (QED) is 0.651. The first-order valence-corrected chi connectivity index (χ1v) is 10.7. The van der Waals surface area contributed by atoms with Gasteiger partial charge in [-0.2, -0.15) is 0 Å². The van der Waals surface area contributed by atoms with E-state index in [0.29, 0.717) is 29.4 Å². The second kappa shape index (κ2) is 8.82. The summed E-state index contributed by atoms with van der Waals surface area (Å²) in [6, 6.07) is 12.3. The van der Waals surface area contributed by atoms with Gasteiger partial charge in [0.2, 0.25) is 10.0 Å². The third-order valence-electron chi connectivity index (χ3n) is 4.45. The highest BCUT2D eigenvalue weighted by Crippen LogP contribution is 2.31. The molecule has 0 spiro atoms. The van der Waals surface area contributed by atoms with E-state index in [2.05, 4.69) is 4.72 Å². The Morgan fingerprint density at radius 2 is 1.89 bits per heavy atom. The van der Waals surface area contributed by atoms with Crippen molar-refractivity contribution in [3.8, 4) is 5.75 Å². The highest BCUT2D eigenvalue weighted by atomic mass is 32.2. The van der Waals surface area contributed by atoms with Crippen LogP contribution in [0.3, 0.4) is 0 Å². The molecule has 1 aliphatic carbocycles. The summed E-state index contributed by atoms with van der Waals surface area (Å²) >= 11 is 0. The molecule has 0 unspecified atom stereocenters. The average Bonchev–Trinajstić information content (AvgIpc) is 3.48. The van der Waals surface area contributed by atoms with Crippen LogP contribution in [0.5, 0.6) is 5.75 Å². The molecule has 146 valence electrons. The predicted octanol–water partition coefficient (Wildman–Crippen LogP) is 3.01. The van der Waals surface area contributed by atoms with Gasteiger partial charge in [-0.25, -0.2) is 17.5 Å². The third kappa shape index (κ3) is 6.02. The predicted molar refractivity (Wildman–Crippen MR) is 102 cm³/mol. The summed E-state index contributed by atoms with van der Waals surface area (Å²) < 4.78 is 46.6. The van der Waals surface area contributed by atoms with E-state index >= 15 is 0 Å². The van der Waals surface area contributed by atoms with Gasteiger partial charge in [0, 0.05) is 6.61 Å². The van der Waals surface area contributed by atoms with Crippen LogP contribution in [0.4, 0.5) is 4.39 Å². The second-order valence-electron chi connectivity index (χ2n) is 6.83. The van der Waals surface area contributed by atoms with E-state index in [9.17, 15) is 12.8 Å². The van der Waals surface area contributed by atoms with Gasteiger partial charge in [-0.1, -0.05) is 24.3 Å². The summed E-state index contributed by atoms with van der Waals surface area (Å²) in [5.41, 5.74) is 1.34. The van der Waals surface area contributed by atoms with Crippen LogP contribution in [0.1, 0.15) is 36.4 Å². The second-order valence-corrected chi connectivity index (χ2v) is 8.70. The van der Waals surface area contributed by atoms with Crippen molar-refractivity contribution in [2.45, 2.75) is 25.3 Å². The Morgan fingerprint density at radius 3 is 2.56 bits per heavy atom. The molecule has 1 fully saturated rings. The number of nitrogens with one attached hydrogen (secondary N) is 1. The van der Waals surface area contributed by atoms with Crippen LogP contribution in [0, 0.1) is 11.7 Å². The Hall–Kier alpha value is -1.96. The number of ether oxygens (including phenoxy) is 1. The van der Waals surface area contributed by atoms with Gasteiger partial charge in [-0.3, -0.25) is 0 Å². The van der Waals surface area contributed by atoms with E-state index in [-0.39, 0.29) is 24.6 Å². The number of rotatable bonds is 10. The van der Waals surface area contributed by atoms with E-state index in [0.717, 1.165) is 0 Å². The molecular formula is C20H24FNO4S. The van der Waals surface area contributed by atoms with Gasteiger partial charge in [-0.05, 0) is 60.6 Å². The van der Waals surface area contributed by atoms with Gasteiger partial charge < -0.3 is 9.84 Å². The number of hydrogen-bond acceptors (Lipinski definition) is 4. The minimum Gasteiger partial charge on any atom is -0.493 e. The monoisotopic (exact) mass is 393 g/mol. The Kier molecular flexibility index (Phi) is 6.46. The molecule has 2 N–H and O–H groups in total. The van der Waals surface area contributed by atoms with Crippen LogP contribution in [0.15, 0.2) is 48.5 Å². The van der Waals surface area contributed by atoms with Gasteiger partial charge in [0.1, 0.15) is 11.6 Å². The molecule has 1 aliphatic rings. The molecule has 0 saturated heterocycles. The van der Waals surface area contributed by atoms with Gasteiger partial charge in [0.15, 0.2) is 0 Å². The summed E-state index contributed by atoms with van der Waals surface area (Å²) in [5.74, 6) is 0.723. The largest absolute Gasteiger partial charge is 0.493 e. The number of benzene rings is 2. The molecule has 0 aromatic heterocycles. The highest BCUT2D eigenvalue weighted by molar-refractivity contribution is 7.89. The first-order valence-electron chi connectivity index (χ1n) is 9.06. The third-order valence-corrected chi connectivity index (χ3v) is 5.87. The maximum Gasteiger partial charge on any atom is 0.212 e. The normalized spacial score (nSPS) is 15.5. The highest BCUT2D eigenvalue weighted by Gasteiger charge is 2.23. The summed E-state index contributed by atoms with van der Waals surface area (Å²) in [6.07, 6.45) is 2.51. The lowest BCUT2D eigenvalue weighted by Crippen LogP contribution is -2.31. The van der Waals surface area contributed by atoms with Crippen LogP contribution >= 0.6 is 0 Å². The number of aliphatic hydroxyl groups excluding tert-OH is 1. The molecule has 5 nitrogen and oxygen atoms in total. The maximum absolute atomic E-state index is 13.3. The molecule has 1 atom stereocenters. The van der Waals surface area contributed by atoms with Crippen molar-refractivity contribution in [1.82, 2.24) is 4.72 Å². The molecule has 27 heavy (non-hydrogen) atoms. The first-order chi connectivity index (χ1) is 13.0. The maximum atomic E-state index is 13.3. The minimum absolute atomic E-state index is 0.149. The van der Waals surface area contributed by atoms with Crippen molar-refractivity contribution in [3.05, 3.63) is 65.5 Å². The van der Waals surface area contributed by atoms with Crippen molar-refractivity contribution in [1.29, 1.82) is 0 Å². The van der Waals surface area contributed by atoms with E-state index in [1.807, 2.05) is 24.3 Å². The van der Waals surface area contributed by atoms with Crippen molar-refractivity contribution < 1.29 is 22.7 Å². The van der Waals surface area contributed by atoms with E-state index in [1.54, 1.807) is 12.1 Å². The molecular weight excluding hydrogens is 369 g/mol. The van der Waals surface area contributed by atoms with Crippen molar-refractivity contribution >= 4 is 10.0 Å². The standard InChI is InChI=1S/C20H24FNO4S/c21-18-9-7-16(8-10-18)20(22-27(24,25)12-2-11-23)17-3-1-4-19(13-17)26-14-15-5-6-15/h1,3-4,7-10,13,15,20,22-23H,2,5-6,11-12,14H2/t20-/m1/s1. The Morgan fingerprint density at radius 1 is 1.15 bits per heavy atom. The molecule has 3 rings (SSSR count). The van der Waals surface area contributed by atoms with E-state index in [1.165, 1.54) is 25.0 Å². The zero-order valence-corrected chi connectivity index (χ0v) is 15.8. The Balaban J connectivity index is 1.86. The number of aliphatic hydroxyl groups is 1. The Labute approximate surface area is 159 Å². The van der Waals surface area contributed by atoms with E-state index < -0.39 is 16.1 Å². The van der Waals surface area contributed by atoms with Gasteiger partial charge in [0.25, 0.3) is 0 Å². The molecule has 7 heteroatoms. The van der Waals surface area contributed by atoms with Crippen molar-refractivity contribution in [2.24, 2.45) is 5.92 Å². The van der Waals surface area contributed by atoms with E-state index in [4.69, 9.17) is 9.84 Å². The topological polar surface area (TPSA) is 75.6 Å². The minimum atomic E-state index is -3.62. The number of halogens is 1. The van der Waals surface area contributed by atoms with Crippen LogP contribution < -0.4 is 9.46 Å². The summed E-state index contributed by atoms with van der Waals surface area (Å²) in [4.78, 5) is 0. The lowest BCUT2D eigenvalue weighted by Gasteiger charge is -2.20. The fourth-order valence-corrected chi connectivity index (χ4v) is 4.02. The lowest BCUT2D eigenvalue weighted by atomic mass is 9.99. The summed E-state index contributed by atoms with van der Waals surface area (Å²) in [6.45, 7) is 0.458. The van der Waals surface area contributed by atoms with Gasteiger partial charge >= 0.3 is 0 Å². The molecule has 2 aromatic rings. The molecule has 0 bridgehead atoms. The number of hydrogen-bond donors (Lipinski definition) is 2. The molecule has 1 saturated carbocycles. The smallest absolute Gasteiger partial charge is 0.212 e. The lowest BCUT2D eigenvalue weighted by molar-refractivity contribution is 0.295. The zero-order valence-electron chi connectivity index (χ0n) is 15.0. The number of sulfonamides is 1. The van der Waals surface area contributed by atoms with Crippen LogP contribution in [0.25, 0.3) is 0 Å². The Bertz CT molecular complexity index is 851. The van der Waals surface area contributed by atoms with Gasteiger partial charge in [0.05, 0.1) is 18.4 Å².